The van der Waals surface area contributed by atoms with E-state index in [1.165, 1.54) is 0 Å². The average Bonchev–Trinajstić information content (AvgIpc) is 3.27. The van der Waals surface area contributed by atoms with Crippen molar-refractivity contribution in [3.8, 4) is 11.5 Å². The largest absolute Gasteiger partial charge is 0.454 e. The molecule has 158 valence electrons. The minimum atomic E-state index is -0.154. The average molecular weight is 417 g/mol. The second-order valence-electron chi connectivity index (χ2n) is 7.56. The van der Waals surface area contributed by atoms with E-state index in [2.05, 4.69) is 15.2 Å². The fourth-order valence-electron chi connectivity index (χ4n) is 3.78. The molecule has 0 radical (unpaired) electrons. The Morgan fingerprint density at radius 2 is 2.03 bits per heavy atom. The number of aromatic nitrogens is 2. The molecule has 4 aromatic rings. The van der Waals surface area contributed by atoms with Gasteiger partial charge in [-0.05, 0) is 36.4 Å². The molecule has 0 unspecified atom stereocenters. The molecule has 5 rings (SSSR count). The van der Waals surface area contributed by atoms with Crippen LogP contribution < -0.4 is 10.7 Å². The van der Waals surface area contributed by atoms with Gasteiger partial charge in [-0.2, -0.15) is 0 Å². The molecule has 1 amide bonds. The monoisotopic (exact) mass is 417 g/mol. The van der Waals surface area contributed by atoms with E-state index in [0.29, 0.717) is 34.5 Å². The summed E-state index contributed by atoms with van der Waals surface area (Å²) in [7, 11) is 0. The van der Waals surface area contributed by atoms with Gasteiger partial charge in [0.15, 0.2) is 5.76 Å². The van der Waals surface area contributed by atoms with Crippen molar-refractivity contribution in [2.75, 3.05) is 39.4 Å². The van der Waals surface area contributed by atoms with Gasteiger partial charge < -0.3 is 18.9 Å². The summed E-state index contributed by atoms with van der Waals surface area (Å²) in [5.74, 6) is 0.364. The molecule has 1 saturated heterocycles. The standard InChI is InChI=1S/C23H23N5O3/c24-19-14-22(20-13-17-2-1-6-28(17)15-26-20)31-21-4-3-16(12-18(19)21)23(29)25-5-7-27-8-10-30-11-9-27/h1-4,6,12-15,24H,5,7-11H2,(H,25,29). The fourth-order valence-corrected chi connectivity index (χ4v) is 3.78. The fraction of sp³-hybridized carbons (Fsp3) is 0.261. The van der Waals surface area contributed by atoms with Gasteiger partial charge in [0.2, 0.25) is 0 Å². The summed E-state index contributed by atoms with van der Waals surface area (Å²) >= 11 is 0. The molecule has 3 aromatic heterocycles. The molecule has 8 nitrogen and oxygen atoms in total. The molecule has 1 aliphatic rings. The lowest BCUT2D eigenvalue weighted by Crippen LogP contribution is -2.41. The highest BCUT2D eigenvalue weighted by molar-refractivity contribution is 5.97. The Morgan fingerprint density at radius 3 is 2.90 bits per heavy atom. The zero-order valence-corrected chi connectivity index (χ0v) is 17.0. The van der Waals surface area contributed by atoms with Crippen LogP contribution >= 0.6 is 0 Å². The molecule has 31 heavy (non-hydrogen) atoms. The maximum absolute atomic E-state index is 12.6. The summed E-state index contributed by atoms with van der Waals surface area (Å²) in [6.45, 7) is 4.64. The van der Waals surface area contributed by atoms with Crippen molar-refractivity contribution in [2.45, 2.75) is 0 Å². The Hall–Kier alpha value is -3.49. The minimum absolute atomic E-state index is 0.154. The molecule has 0 saturated carbocycles. The Kier molecular flexibility index (Phi) is 5.23. The van der Waals surface area contributed by atoms with Crippen LogP contribution in [0.25, 0.3) is 27.9 Å². The first-order chi connectivity index (χ1) is 15.2. The van der Waals surface area contributed by atoms with Crippen LogP contribution in [0.2, 0.25) is 0 Å². The smallest absolute Gasteiger partial charge is 0.251 e. The number of rotatable bonds is 5. The van der Waals surface area contributed by atoms with E-state index in [0.717, 1.165) is 38.4 Å². The second-order valence-corrected chi connectivity index (χ2v) is 7.56. The molecule has 1 aliphatic heterocycles. The molecule has 2 N–H and O–H groups in total. The quantitative estimate of drug-likeness (QED) is 0.519. The number of ether oxygens (including phenoxy) is 1. The van der Waals surface area contributed by atoms with Crippen LogP contribution in [0.4, 0.5) is 0 Å². The summed E-state index contributed by atoms with van der Waals surface area (Å²) in [5, 5.41) is 12.3. The van der Waals surface area contributed by atoms with Crippen LogP contribution in [-0.4, -0.2) is 59.6 Å². The number of hydrogen-bond donors (Lipinski definition) is 2. The Labute approximate surface area is 178 Å². The van der Waals surface area contributed by atoms with Crippen molar-refractivity contribution in [1.82, 2.24) is 19.6 Å². The van der Waals surface area contributed by atoms with Crippen LogP contribution in [0.1, 0.15) is 10.4 Å². The molecular formula is C23H23N5O3. The van der Waals surface area contributed by atoms with E-state index in [4.69, 9.17) is 14.6 Å². The van der Waals surface area contributed by atoms with Crippen molar-refractivity contribution < 1.29 is 13.9 Å². The van der Waals surface area contributed by atoms with Crippen LogP contribution in [0.3, 0.4) is 0 Å². The normalized spacial score (nSPS) is 14.8. The molecule has 0 spiro atoms. The number of carbonyl (C=O) groups is 1. The third kappa shape index (κ3) is 4.08. The van der Waals surface area contributed by atoms with E-state index in [1.807, 2.05) is 28.8 Å². The minimum Gasteiger partial charge on any atom is -0.454 e. The predicted octanol–water partition coefficient (Wildman–Crippen LogP) is 2.29. The van der Waals surface area contributed by atoms with Gasteiger partial charge in [0.1, 0.15) is 11.3 Å². The lowest BCUT2D eigenvalue weighted by molar-refractivity contribution is 0.0383. The van der Waals surface area contributed by atoms with Crippen LogP contribution in [-0.2, 0) is 4.74 Å². The van der Waals surface area contributed by atoms with Gasteiger partial charge in [-0.1, -0.05) is 0 Å². The number of hydrogen-bond acceptors (Lipinski definition) is 6. The van der Waals surface area contributed by atoms with Gasteiger partial charge in [0.05, 0.1) is 24.9 Å². The molecular weight excluding hydrogens is 394 g/mol. The number of amides is 1. The van der Waals surface area contributed by atoms with E-state index in [-0.39, 0.29) is 11.3 Å². The highest BCUT2D eigenvalue weighted by Gasteiger charge is 2.13. The van der Waals surface area contributed by atoms with Crippen LogP contribution in [0.15, 0.2) is 59.4 Å². The zero-order chi connectivity index (χ0) is 21.2. The molecule has 1 fully saturated rings. The topological polar surface area (TPSA) is 95.9 Å². The lowest BCUT2D eigenvalue weighted by Gasteiger charge is -2.26. The third-order valence-corrected chi connectivity index (χ3v) is 5.51. The lowest BCUT2D eigenvalue weighted by atomic mass is 10.1. The Bertz CT molecular complexity index is 1300. The summed E-state index contributed by atoms with van der Waals surface area (Å²) in [4.78, 5) is 19.3. The van der Waals surface area contributed by atoms with E-state index < -0.39 is 0 Å². The zero-order valence-electron chi connectivity index (χ0n) is 17.0. The van der Waals surface area contributed by atoms with Crippen molar-refractivity contribution >= 4 is 22.4 Å². The van der Waals surface area contributed by atoms with Crippen molar-refractivity contribution in [3.05, 3.63) is 65.9 Å². The second kappa shape index (κ2) is 8.33. The molecule has 4 heterocycles. The van der Waals surface area contributed by atoms with Crippen molar-refractivity contribution in [1.29, 1.82) is 5.41 Å². The summed E-state index contributed by atoms with van der Waals surface area (Å²) in [6.07, 6.45) is 3.64. The first-order valence-electron chi connectivity index (χ1n) is 10.3. The van der Waals surface area contributed by atoms with E-state index in [9.17, 15) is 4.79 Å². The number of fused-ring (bicyclic) bond motifs is 2. The molecule has 0 aliphatic carbocycles. The first kappa shape index (κ1) is 19.5. The number of nitrogens with zero attached hydrogens (tertiary/aromatic N) is 3. The van der Waals surface area contributed by atoms with E-state index >= 15 is 0 Å². The number of nitrogens with one attached hydrogen (secondary N) is 2. The summed E-state index contributed by atoms with van der Waals surface area (Å²) in [6, 6.07) is 12.7. The van der Waals surface area contributed by atoms with Crippen LogP contribution in [0.5, 0.6) is 0 Å². The third-order valence-electron chi connectivity index (χ3n) is 5.51. The summed E-state index contributed by atoms with van der Waals surface area (Å²) in [5.41, 5.74) is 2.71. The number of benzene rings is 1. The highest BCUT2D eigenvalue weighted by Crippen LogP contribution is 2.22. The molecule has 8 heteroatoms. The Balaban J connectivity index is 1.34. The number of carbonyl (C=O) groups excluding carboxylic acids is 1. The maximum Gasteiger partial charge on any atom is 0.251 e. The Morgan fingerprint density at radius 1 is 1.16 bits per heavy atom. The van der Waals surface area contributed by atoms with Crippen molar-refractivity contribution in [3.63, 3.8) is 0 Å². The molecule has 0 bridgehead atoms. The SMILES string of the molecule is N=c1cc(-c2cc3cccn3cn2)oc2ccc(C(=O)NCCN3CCOCC3)cc12. The van der Waals surface area contributed by atoms with Gasteiger partial charge in [0, 0.05) is 54.9 Å². The van der Waals surface area contributed by atoms with Gasteiger partial charge in [0.25, 0.3) is 5.91 Å². The maximum atomic E-state index is 12.6. The van der Waals surface area contributed by atoms with Gasteiger partial charge >= 0.3 is 0 Å². The van der Waals surface area contributed by atoms with Crippen LogP contribution in [0, 0.1) is 5.41 Å². The number of morpholine rings is 1. The summed E-state index contributed by atoms with van der Waals surface area (Å²) < 4.78 is 13.3. The van der Waals surface area contributed by atoms with Gasteiger partial charge in [-0.15, -0.1) is 0 Å². The molecule has 1 aromatic carbocycles. The molecule has 0 atom stereocenters. The van der Waals surface area contributed by atoms with E-state index in [1.54, 1.807) is 30.6 Å². The highest BCUT2D eigenvalue weighted by atomic mass is 16.5. The van der Waals surface area contributed by atoms with Crippen molar-refractivity contribution in [2.24, 2.45) is 0 Å². The predicted molar refractivity (Wildman–Crippen MR) is 116 cm³/mol. The van der Waals surface area contributed by atoms with Gasteiger partial charge in [-0.25, -0.2) is 4.98 Å². The first-order valence-corrected chi connectivity index (χ1v) is 10.3. The van der Waals surface area contributed by atoms with Gasteiger partial charge in [-0.3, -0.25) is 15.1 Å².